The number of hydrogen-bond donors (Lipinski definition) is 3. The molecule has 0 aliphatic carbocycles. The van der Waals surface area contributed by atoms with Crippen LogP contribution in [0.4, 0.5) is 5.69 Å². The van der Waals surface area contributed by atoms with E-state index in [9.17, 15) is 14.4 Å². The second-order valence-electron chi connectivity index (χ2n) is 5.73. The monoisotopic (exact) mass is 350 g/mol. The number of carbonyl (C=O) groups excluding carboxylic acids is 2. The molecule has 0 radical (unpaired) electrons. The van der Waals surface area contributed by atoms with Gasteiger partial charge in [-0.2, -0.15) is 0 Å². The molecule has 2 amide bonds. The largest absolute Gasteiger partial charge is 0.482 e. The molecule has 1 fully saturated rings. The van der Waals surface area contributed by atoms with E-state index in [1.54, 1.807) is 18.2 Å². The van der Waals surface area contributed by atoms with Crippen LogP contribution in [0.5, 0.6) is 5.75 Å². The van der Waals surface area contributed by atoms with E-state index in [0.29, 0.717) is 30.0 Å². The molecular formula is C16H18N2O7. The van der Waals surface area contributed by atoms with Crippen molar-refractivity contribution in [3.05, 3.63) is 23.8 Å². The van der Waals surface area contributed by atoms with Gasteiger partial charge >= 0.3 is 5.97 Å². The molecule has 3 rings (SSSR count). The van der Waals surface area contributed by atoms with Crippen LogP contribution in [0, 0.1) is 0 Å². The Morgan fingerprint density at radius 2 is 2.24 bits per heavy atom. The third-order valence-electron chi connectivity index (χ3n) is 3.91. The van der Waals surface area contributed by atoms with Gasteiger partial charge in [-0.1, -0.05) is 0 Å². The Hall–Kier alpha value is -2.65. The number of hydrogen-bond acceptors (Lipinski definition) is 6. The van der Waals surface area contributed by atoms with Crippen molar-refractivity contribution in [1.29, 1.82) is 0 Å². The van der Waals surface area contributed by atoms with Crippen molar-refractivity contribution in [2.75, 3.05) is 31.7 Å². The molecule has 1 aromatic carbocycles. The first-order chi connectivity index (χ1) is 12.0. The zero-order valence-electron chi connectivity index (χ0n) is 13.3. The van der Waals surface area contributed by atoms with Gasteiger partial charge in [0.2, 0.25) is 0 Å². The average molecular weight is 350 g/mol. The molecule has 0 unspecified atom stereocenters. The molecular weight excluding hydrogens is 332 g/mol. The topological polar surface area (TPSA) is 123 Å². The fraction of sp³-hybridized carbons (Fsp3) is 0.438. The maximum Gasteiger partial charge on any atom is 0.329 e. The van der Waals surface area contributed by atoms with Crippen LogP contribution in [0.3, 0.4) is 0 Å². The lowest BCUT2D eigenvalue weighted by Crippen LogP contribution is -2.51. The lowest BCUT2D eigenvalue weighted by molar-refractivity contribution is -0.147. The normalized spacial score (nSPS) is 22.3. The molecule has 9 heteroatoms. The molecule has 0 bridgehead atoms. The summed E-state index contributed by atoms with van der Waals surface area (Å²) in [6.45, 7) is 0.166. The standard InChI is InChI=1S/C16H18N2O7/c19-14-7-24-13-5-9(1-2-10(13)17-14)16(22)18-11-6-23-4-3-12(11)25-8-15(20)21/h1-2,5,11-12H,3-4,6-8H2,(H,17,19)(H,18,22)(H,20,21)/t11-,12+/m0/s1. The number of rotatable bonds is 5. The second kappa shape index (κ2) is 7.49. The van der Waals surface area contributed by atoms with Crippen LogP contribution >= 0.6 is 0 Å². The van der Waals surface area contributed by atoms with Gasteiger partial charge in [0.15, 0.2) is 6.61 Å². The van der Waals surface area contributed by atoms with Crippen molar-refractivity contribution in [3.63, 3.8) is 0 Å². The minimum Gasteiger partial charge on any atom is -0.482 e. The quantitative estimate of drug-likeness (QED) is 0.683. The Bertz CT molecular complexity index is 691. The Balaban J connectivity index is 1.66. The SMILES string of the molecule is O=C(O)CO[C@@H]1CCOC[C@@H]1NC(=O)c1ccc2c(c1)OCC(=O)N2. The summed E-state index contributed by atoms with van der Waals surface area (Å²) in [5.41, 5.74) is 0.869. The number of carboxylic acids is 1. The summed E-state index contributed by atoms with van der Waals surface area (Å²) < 4.78 is 16.0. The number of anilines is 1. The highest BCUT2D eigenvalue weighted by molar-refractivity contribution is 5.99. The number of aliphatic carboxylic acids is 1. The summed E-state index contributed by atoms with van der Waals surface area (Å²) in [4.78, 5) is 34.4. The Morgan fingerprint density at radius 3 is 3.04 bits per heavy atom. The number of fused-ring (bicyclic) bond motifs is 1. The molecule has 1 aromatic rings. The Kier molecular flexibility index (Phi) is 5.15. The van der Waals surface area contributed by atoms with E-state index in [1.165, 1.54) is 0 Å². The van der Waals surface area contributed by atoms with Gasteiger partial charge in [0.25, 0.3) is 11.8 Å². The second-order valence-corrected chi connectivity index (χ2v) is 5.73. The fourth-order valence-electron chi connectivity index (χ4n) is 2.70. The first kappa shape index (κ1) is 17.2. The lowest BCUT2D eigenvalue weighted by Gasteiger charge is -2.31. The van der Waals surface area contributed by atoms with Gasteiger partial charge in [-0.25, -0.2) is 4.79 Å². The summed E-state index contributed by atoms with van der Waals surface area (Å²) in [6, 6.07) is 4.26. The molecule has 2 atom stereocenters. The minimum atomic E-state index is -1.06. The predicted molar refractivity (Wildman–Crippen MR) is 84.6 cm³/mol. The molecule has 134 valence electrons. The van der Waals surface area contributed by atoms with Gasteiger partial charge in [0.05, 0.1) is 24.4 Å². The van der Waals surface area contributed by atoms with E-state index >= 15 is 0 Å². The Labute approximate surface area is 143 Å². The van der Waals surface area contributed by atoms with Gasteiger partial charge in [0.1, 0.15) is 12.4 Å². The summed E-state index contributed by atoms with van der Waals surface area (Å²) >= 11 is 0. The number of benzene rings is 1. The summed E-state index contributed by atoms with van der Waals surface area (Å²) in [5.74, 6) is -1.25. The van der Waals surface area contributed by atoms with Crippen molar-refractivity contribution < 1.29 is 33.7 Å². The summed E-state index contributed by atoms with van der Waals surface area (Å²) in [7, 11) is 0. The van der Waals surface area contributed by atoms with Gasteiger partial charge in [-0.05, 0) is 24.6 Å². The molecule has 0 aromatic heterocycles. The van der Waals surface area contributed by atoms with E-state index < -0.39 is 24.7 Å². The molecule has 2 heterocycles. The van der Waals surface area contributed by atoms with E-state index in [0.717, 1.165) is 0 Å². The van der Waals surface area contributed by atoms with Crippen LogP contribution in [-0.4, -0.2) is 61.5 Å². The Morgan fingerprint density at radius 1 is 1.40 bits per heavy atom. The van der Waals surface area contributed by atoms with Crippen molar-refractivity contribution in [3.8, 4) is 5.75 Å². The molecule has 0 spiro atoms. The van der Waals surface area contributed by atoms with Crippen LogP contribution < -0.4 is 15.4 Å². The first-order valence-corrected chi connectivity index (χ1v) is 7.81. The fourth-order valence-corrected chi connectivity index (χ4v) is 2.70. The summed E-state index contributed by atoms with van der Waals surface area (Å²) in [5, 5.41) is 14.2. The highest BCUT2D eigenvalue weighted by Gasteiger charge is 2.29. The van der Waals surface area contributed by atoms with Crippen LogP contribution in [0.1, 0.15) is 16.8 Å². The maximum absolute atomic E-state index is 12.5. The highest BCUT2D eigenvalue weighted by Crippen LogP contribution is 2.28. The van der Waals surface area contributed by atoms with Crippen molar-refractivity contribution in [2.24, 2.45) is 0 Å². The average Bonchev–Trinajstić information content (AvgIpc) is 2.60. The third-order valence-corrected chi connectivity index (χ3v) is 3.91. The van der Waals surface area contributed by atoms with E-state index in [1.807, 2.05) is 0 Å². The lowest BCUT2D eigenvalue weighted by atomic mass is 10.1. The number of nitrogens with one attached hydrogen (secondary N) is 2. The van der Waals surface area contributed by atoms with Crippen molar-refractivity contribution in [2.45, 2.75) is 18.6 Å². The maximum atomic E-state index is 12.5. The molecule has 1 saturated heterocycles. The number of carboxylic acid groups (broad SMARTS) is 1. The first-order valence-electron chi connectivity index (χ1n) is 7.81. The minimum absolute atomic E-state index is 0.0976. The molecule has 25 heavy (non-hydrogen) atoms. The summed E-state index contributed by atoms with van der Waals surface area (Å²) in [6.07, 6.45) is 0.0688. The van der Waals surface area contributed by atoms with Crippen LogP contribution in [0.15, 0.2) is 18.2 Å². The van der Waals surface area contributed by atoms with Crippen LogP contribution in [0.2, 0.25) is 0 Å². The van der Waals surface area contributed by atoms with E-state index in [-0.39, 0.29) is 25.0 Å². The van der Waals surface area contributed by atoms with Crippen LogP contribution in [0.25, 0.3) is 0 Å². The zero-order valence-corrected chi connectivity index (χ0v) is 13.3. The van der Waals surface area contributed by atoms with Crippen LogP contribution in [-0.2, 0) is 19.1 Å². The van der Waals surface area contributed by atoms with Gasteiger partial charge < -0.3 is 30.0 Å². The molecule has 2 aliphatic rings. The van der Waals surface area contributed by atoms with E-state index in [2.05, 4.69) is 10.6 Å². The number of carbonyl (C=O) groups is 3. The van der Waals surface area contributed by atoms with Gasteiger partial charge in [0, 0.05) is 12.2 Å². The molecule has 9 nitrogen and oxygen atoms in total. The number of ether oxygens (including phenoxy) is 3. The smallest absolute Gasteiger partial charge is 0.329 e. The van der Waals surface area contributed by atoms with Crippen molar-refractivity contribution >= 4 is 23.5 Å². The molecule has 2 aliphatic heterocycles. The highest BCUT2D eigenvalue weighted by atomic mass is 16.5. The van der Waals surface area contributed by atoms with Gasteiger partial charge in [-0.3, -0.25) is 9.59 Å². The number of amides is 2. The predicted octanol–water partition coefficient (Wildman–Crippen LogP) is 0.00600. The third kappa shape index (κ3) is 4.25. The van der Waals surface area contributed by atoms with Gasteiger partial charge in [-0.15, -0.1) is 0 Å². The van der Waals surface area contributed by atoms with Crippen molar-refractivity contribution in [1.82, 2.24) is 5.32 Å². The van der Waals surface area contributed by atoms with E-state index in [4.69, 9.17) is 19.3 Å². The molecule has 3 N–H and O–H groups in total. The molecule has 0 saturated carbocycles. The zero-order chi connectivity index (χ0) is 17.8.